The lowest BCUT2D eigenvalue weighted by Crippen LogP contribution is -2.14. The minimum Gasteiger partial charge on any atom is -0.379 e. The highest BCUT2D eigenvalue weighted by molar-refractivity contribution is 7.85. The highest BCUT2D eigenvalue weighted by atomic mass is 32.2. The van der Waals surface area contributed by atoms with Crippen LogP contribution in [0.5, 0.6) is 0 Å². The van der Waals surface area contributed by atoms with E-state index in [4.69, 9.17) is 18.8 Å². The maximum Gasteiger partial charge on any atom is 0.267 e. The molecule has 0 saturated carbocycles. The Morgan fingerprint density at radius 2 is 0.862 bits per heavy atom. The molecule has 0 aromatic rings. The second kappa shape index (κ2) is 22.5. The van der Waals surface area contributed by atoms with Gasteiger partial charge in [0.25, 0.3) is 10.1 Å². The SMILES string of the molecule is CCCCCCCCCCCCCCCCOCCOCCOCCS(=O)(=O)O. The summed E-state index contributed by atoms with van der Waals surface area (Å²) in [4.78, 5) is 0. The van der Waals surface area contributed by atoms with E-state index in [-0.39, 0.29) is 12.4 Å². The van der Waals surface area contributed by atoms with Gasteiger partial charge in [-0.3, -0.25) is 4.55 Å². The summed E-state index contributed by atoms with van der Waals surface area (Å²) in [5, 5.41) is 0. The molecular weight excluding hydrogens is 392 g/mol. The van der Waals surface area contributed by atoms with Crippen molar-refractivity contribution in [2.24, 2.45) is 0 Å². The van der Waals surface area contributed by atoms with Crippen LogP contribution in [0.4, 0.5) is 0 Å². The van der Waals surface area contributed by atoms with Crippen LogP contribution in [-0.4, -0.2) is 58.4 Å². The van der Waals surface area contributed by atoms with E-state index in [9.17, 15) is 8.42 Å². The zero-order chi connectivity index (χ0) is 21.5. The average molecular weight is 439 g/mol. The van der Waals surface area contributed by atoms with Crippen molar-refractivity contribution in [1.82, 2.24) is 0 Å². The summed E-state index contributed by atoms with van der Waals surface area (Å²) in [6.45, 7) is 4.84. The van der Waals surface area contributed by atoms with Crippen molar-refractivity contribution in [1.29, 1.82) is 0 Å². The first-order valence-corrected chi connectivity index (χ1v) is 13.4. The lowest BCUT2D eigenvalue weighted by Gasteiger charge is -2.07. The van der Waals surface area contributed by atoms with Gasteiger partial charge in [-0.25, -0.2) is 0 Å². The van der Waals surface area contributed by atoms with Gasteiger partial charge in [0.1, 0.15) is 0 Å². The molecular formula is C22H46O6S. The minimum absolute atomic E-state index is 0.0161. The highest BCUT2D eigenvalue weighted by Crippen LogP contribution is 2.12. The third kappa shape index (κ3) is 27.8. The highest BCUT2D eigenvalue weighted by Gasteiger charge is 2.03. The first kappa shape index (κ1) is 28.8. The molecule has 0 spiro atoms. The van der Waals surface area contributed by atoms with Gasteiger partial charge in [-0.1, -0.05) is 90.4 Å². The molecule has 29 heavy (non-hydrogen) atoms. The number of ether oxygens (including phenoxy) is 3. The van der Waals surface area contributed by atoms with Crippen LogP contribution in [0.3, 0.4) is 0 Å². The summed E-state index contributed by atoms with van der Waals surface area (Å²) in [6.07, 6.45) is 19.0. The lowest BCUT2D eigenvalue weighted by molar-refractivity contribution is 0.0164. The van der Waals surface area contributed by atoms with E-state index < -0.39 is 10.1 Å². The zero-order valence-electron chi connectivity index (χ0n) is 18.7. The van der Waals surface area contributed by atoms with Gasteiger partial charge in [-0.05, 0) is 6.42 Å². The number of hydrogen-bond donors (Lipinski definition) is 1. The third-order valence-electron chi connectivity index (χ3n) is 4.87. The quantitative estimate of drug-likeness (QED) is 0.160. The Morgan fingerprint density at radius 3 is 1.28 bits per heavy atom. The molecule has 0 heterocycles. The molecule has 0 rings (SSSR count). The Balaban J connectivity index is 3.03. The van der Waals surface area contributed by atoms with E-state index in [1.807, 2.05) is 0 Å². The van der Waals surface area contributed by atoms with Crippen molar-refractivity contribution in [3.05, 3.63) is 0 Å². The van der Waals surface area contributed by atoms with Gasteiger partial charge >= 0.3 is 0 Å². The first-order valence-electron chi connectivity index (χ1n) is 11.7. The lowest BCUT2D eigenvalue weighted by atomic mass is 10.0. The van der Waals surface area contributed by atoms with Gasteiger partial charge in [0.2, 0.25) is 0 Å². The molecule has 6 nitrogen and oxygen atoms in total. The van der Waals surface area contributed by atoms with Crippen LogP contribution in [0.25, 0.3) is 0 Å². The van der Waals surface area contributed by atoms with E-state index in [0.717, 1.165) is 13.0 Å². The van der Waals surface area contributed by atoms with Gasteiger partial charge in [-0.15, -0.1) is 0 Å². The van der Waals surface area contributed by atoms with Crippen molar-refractivity contribution < 1.29 is 27.2 Å². The minimum atomic E-state index is -3.94. The maximum absolute atomic E-state index is 10.5. The molecule has 0 aliphatic heterocycles. The molecule has 0 saturated heterocycles. The largest absolute Gasteiger partial charge is 0.379 e. The Bertz CT molecular complexity index is 414. The Hall–Kier alpha value is -0.210. The van der Waals surface area contributed by atoms with Crippen molar-refractivity contribution in [2.45, 2.75) is 96.8 Å². The van der Waals surface area contributed by atoms with Crippen LogP contribution in [0.15, 0.2) is 0 Å². The molecule has 0 fully saturated rings. The summed E-state index contributed by atoms with van der Waals surface area (Å²) in [5.74, 6) is -0.380. The van der Waals surface area contributed by atoms with E-state index >= 15 is 0 Å². The van der Waals surface area contributed by atoms with Crippen LogP contribution in [0, 0.1) is 0 Å². The smallest absolute Gasteiger partial charge is 0.267 e. The van der Waals surface area contributed by atoms with E-state index in [1.54, 1.807) is 0 Å². The van der Waals surface area contributed by atoms with Crippen LogP contribution in [0.1, 0.15) is 96.8 Å². The molecule has 0 aliphatic carbocycles. The van der Waals surface area contributed by atoms with Gasteiger partial charge in [0, 0.05) is 6.61 Å². The summed E-state index contributed by atoms with van der Waals surface area (Å²) >= 11 is 0. The van der Waals surface area contributed by atoms with Crippen LogP contribution in [0.2, 0.25) is 0 Å². The summed E-state index contributed by atoms with van der Waals surface area (Å²) in [7, 11) is -3.94. The molecule has 0 aliphatic rings. The Morgan fingerprint density at radius 1 is 0.517 bits per heavy atom. The van der Waals surface area contributed by atoms with Gasteiger partial charge in [0.15, 0.2) is 0 Å². The van der Waals surface area contributed by atoms with Crippen molar-refractivity contribution in [3.63, 3.8) is 0 Å². The molecule has 0 radical (unpaired) electrons. The molecule has 1 N–H and O–H groups in total. The van der Waals surface area contributed by atoms with Gasteiger partial charge < -0.3 is 14.2 Å². The zero-order valence-corrected chi connectivity index (χ0v) is 19.6. The fraction of sp³-hybridized carbons (Fsp3) is 1.00. The van der Waals surface area contributed by atoms with E-state index in [1.165, 1.54) is 83.5 Å². The predicted molar refractivity (Wildman–Crippen MR) is 119 cm³/mol. The van der Waals surface area contributed by atoms with Gasteiger partial charge in [0.05, 0.1) is 38.8 Å². The number of hydrogen-bond acceptors (Lipinski definition) is 5. The number of unbranched alkanes of at least 4 members (excludes halogenated alkanes) is 13. The predicted octanol–water partition coefficient (Wildman–Crippen LogP) is 5.41. The molecule has 176 valence electrons. The summed E-state index contributed by atoms with van der Waals surface area (Å²) in [6, 6.07) is 0. The summed E-state index contributed by atoms with van der Waals surface area (Å²) in [5.41, 5.74) is 0. The summed E-state index contributed by atoms with van der Waals surface area (Å²) < 4.78 is 45.4. The van der Waals surface area contributed by atoms with Crippen LogP contribution < -0.4 is 0 Å². The normalized spacial score (nSPS) is 11.9. The second-order valence-electron chi connectivity index (χ2n) is 7.72. The Kier molecular flexibility index (Phi) is 22.3. The Labute approximate surface area is 179 Å². The molecule has 0 unspecified atom stereocenters. The molecule has 0 atom stereocenters. The van der Waals surface area contributed by atoms with Crippen molar-refractivity contribution >= 4 is 10.1 Å². The van der Waals surface area contributed by atoms with Crippen molar-refractivity contribution in [3.8, 4) is 0 Å². The standard InChI is InChI=1S/C22H46O6S/c1-2-3-4-5-6-7-8-9-10-11-12-13-14-15-16-26-17-18-27-19-20-28-21-22-29(23,24)25/h2-22H2,1H3,(H,23,24,25). The molecule has 0 aromatic carbocycles. The third-order valence-corrected chi connectivity index (χ3v) is 5.55. The fourth-order valence-electron chi connectivity index (χ4n) is 3.10. The molecule has 0 bridgehead atoms. The van der Waals surface area contributed by atoms with E-state index in [0.29, 0.717) is 26.4 Å². The fourth-order valence-corrected chi connectivity index (χ4v) is 3.43. The van der Waals surface area contributed by atoms with Crippen LogP contribution in [-0.2, 0) is 24.3 Å². The second-order valence-corrected chi connectivity index (χ2v) is 9.29. The average Bonchev–Trinajstić information content (AvgIpc) is 2.67. The monoisotopic (exact) mass is 438 g/mol. The molecule has 0 aromatic heterocycles. The first-order chi connectivity index (χ1) is 14.1. The number of rotatable bonds is 24. The van der Waals surface area contributed by atoms with Crippen molar-refractivity contribution in [2.75, 3.05) is 45.4 Å². The molecule has 0 amide bonds. The van der Waals surface area contributed by atoms with E-state index in [2.05, 4.69) is 6.92 Å². The topological polar surface area (TPSA) is 82.1 Å². The molecule has 7 heteroatoms. The van der Waals surface area contributed by atoms with Crippen LogP contribution >= 0.6 is 0 Å². The van der Waals surface area contributed by atoms with Gasteiger partial charge in [-0.2, -0.15) is 8.42 Å². The maximum atomic E-state index is 10.5.